The quantitative estimate of drug-likeness (QED) is 0.131. The molecular weight excluding hydrogens is 634 g/mol. The average Bonchev–Trinajstić information content (AvgIpc) is 3.04. The number of carbonyl (C=O) groups is 4. The van der Waals surface area contributed by atoms with Crippen LogP contribution in [0, 0.1) is 0 Å². The first-order valence-corrected chi connectivity index (χ1v) is 16.6. The minimum Gasteiger partial charge on any atom is -0.496 e. The summed E-state index contributed by atoms with van der Waals surface area (Å²) >= 11 is 6.23. The topological polar surface area (TPSA) is 134 Å². The Labute approximate surface area is 286 Å². The smallest absolute Gasteiger partial charge is 0.412 e. The molecule has 256 valence electrons. The van der Waals surface area contributed by atoms with Crippen LogP contribution >= 0.6 is 11.6 Å². The predicted molar refractivity (Wildman–Crippen MR) is 186 cm³/mol. The maximum absolute atomic E-state index is 12.9. The van der Waals surface area contributed by atoms with Crippen molar-refractivity contribution in [2.75, 3.05) is 18.6 Å². The molecule has 0 saturated heterocycles. The van der Waals surface area contributed by atoms with Crippen LogP contribution in [0.3, 0.4) is 0 Å². The van der Waals surface area contributed by atoms with E-state index in [1.807, 2.05) is 69.3 Å². The Bertz CT molecular complexity index is 1600. The largest absolute Gasteiger partial charge is 0.496 e. The normalized spacial score (nSPS) is 16.0. The molecular formula is C37H44ClN3O7. The molecule has 0 radical (unpaired) electrons. The van der Waals surface area contributed by atoms with Crippen molar-refractivity contribution in [1.82, 2.24) is 10.6 Å². The molecule has 0 spiro atoms. The lowest BCUT2D eigenvalue weighted by Crippen LogP contribution is -2.47. The Morgan fingerprint density at radius 2 is 1.71 bits per heavy atom. The van der Waals surface area contributed by atoms with Gasteiger partial charge < -0.3 is 25.2 Å². The van der Waals surface area contributed by atoms with Crippen molar-refractivity contribution in [3.05, 3.63) is 82.4 Å². The van der Waals surface area contributed by atoms with E-state index < -0.39 is 17.8 Å². The highest BCUT2D eigenvalue weighted by Crippen LogP contribution is 2.37. The number of hydrogen-bond acceptors (Lipinski definition) is 6. The molecule has 3 amide bonds. The molecule has 48 heavy (non-hydrogen) atoms. The maximum atomic E-state index is 12.9. The van der Waals surface area contributed by atoms with Gasteiger partial charge in [-0.15, -0.1) is 0 Å². The maximum Gasteiger partial charge on any atom is 0.412 e. The van der Waals surface area contributed by atoms with Gasteiger partial charge >= 0.3 is 12.2 Å². The average molecular weight is 678 g/mol. The summed E-state index contributed by atoms with van der Waals surface area (Å²) in [6, 6.07) is 18.2. The monoisotopic (exact) mass is 677 g/mol. The molecule has 0 heterocycles. The molecule has 0 aromatic heterocycles. The molecule has 3 aromatic rings. The molecule has 11 heteroatoms. The van der Waals surface area contributed by atoms with Gasteiger partial charge in [0, 0.05) is 24.2 Å². The van der Waals surface area contributed by atoms with Crippen LogP contribution in [-0.4, -0.2) is 60.8 Å². The lowest BCUT2D eigenvalue weighted by Gasteiger charge is -2.36. The second-order valence-corrected chi connectivity index (χ2v) is 13.3. The standard InChI is InChI=1S/C37H44ClN3O7/c1-37(2,3)48-35(44)40-27-14-16-28(17-15-27)41(36(45)46)32-20-24(13-18-29(32)25-11-6-5-7-12-25)10-8-9-19-39-34(43)30-22-33(47-4)26(23-42)21-31(30)38/h5-7,11-13,18,20-23,27-28H,8-10,14-17,19H2,1-4H3,(H,39,43)(H,40,44)(H,45,46)/t27-,28-. The summed E-state index contributed by atoms with van der Waals surface area (Å²) in [6.45, 7) is 5.86. The molecule has 0 bridgehead atoms. The number of hydrogen-bond donors (Lipinski definition) is 3. The van der Waals surface area contributed by atoms with Crippen LogP contribution in [0.15, 0.2) is 60.7 Å². The first kappa shape index (κ1) is 36.3. The van der Waals surface area contributed by atoms with Gasteiger partial charge in [-0.3, -0.25) is 14.5 Å². The van der Waals surface area contributed by atoms with Crippen LogP contribution in [0.5, 0.6) is 5.75 Å². The number of nitrogens with one attached hydrogen (secondary N) is 2. The van der Waals surface area contributed by atoms with Crippen molar-refractivity contribution in [2.24, 2.45) is 0 Å². The SMILES string of the molecule is COc1cc(C(=O)NCCCCc2ccc(-c3ccccc3)c(N(C(=O)O)[C@H]3CC[C@H](NC(=O)OC(C)(C)C)CC3)c2)c(Cl)cc1C=O. The molecule has 1 saturated carbocycles. The van der Waals surface area contributed by atoms with E-state index in [-0.39, 0.29) is 39.9 Å². The Morgan fingerprint density at radius 1 is 1.00 bits per heavy atom. The molecule has 10 nitrogen and oxygen atoms in total. The zero-order valence-electron chi connectivity index (χ0n) is 27.9. The van der Waals surface area contributed by atoms with Crippen LogP contribution in [-0.2, 0) is 11.2 Å². The van der Waals surface area contributed by atoms with Gasteiger partial charge in [-0.05, 0) is 95.0 Å². The van der Waals surface area contributed by atoms with Crippen molar-refractivity contribution in [1.29, 1.82) is 0 Å². The molecule has 0 atom stereocenters. The van der Waals surface area contributed by atoms with Crippen molar-refractivity contribution in [3.63, 3.8) is 0 Å². The van der Waals surface area contributed by atoms with E-state index >= 15 is 0 Å². The molecule has 3 aromatic carbocycles. The Kier molecular flexibility index (Phi) is 12.5. The number of aryl methyl sites for hydroxylation is 1. The van der Waals surface area contributed by atoms with Crippen molar-refractivity contribution in [3.8, 4) is 16.9 Å². The fourth-order valence-corrected chi connectivity index (χ4v) is 6.22. The van der Waals surface area contributed by atoms with E-state index in [0.29, 0.717) is 57.0 Å². The first-order valence-electron chi connectivity index (χ1n) is 16.2. The van der Waals surface area contributed by atoms with Gasteiger partial charge in [0.15, 0.2) is 6.29 Å². The second kappa shape index (κ2) is 16.5. The van der Waals surface area contributed by atoms with Gasteiger partial charge in [0.05, 0.1) is 28.9 Å². The highest BCUT2D eigenvalue weighted by molar-refractivity contribution is 6.34. The van der Waals surface area contributed by atoms with E-state index in [9.17, 15) is 24.3 Å². The van der Waals surface area contributed by atoms with Crippen molar-refractivity contribution >= 4 is 41.7 Å². The molecule has 4 rings (SSSR count). The van der Waals surface area contributed by atoms with Gasteiger partial charge in [-0.25, -0.2) is 9.59 Å². The zero-order valence-corrected chi connectivity index (χ0v) is 28.6. The summed E-state index contributed by atoms with van der Waals surface area (Å²) < 4.78 is 10.6. The third kappa shape index (κ3) is 9.73. The van der Waals surface area contributed by atoms with E-state index in [1.54, 1.807) is 0 Å². The lowest BCUT2D eigenvalue weighted by atomic mass is 9.89. The summed E-state index contributed by atoms with van der Waals surface area (Å²) in [6.07, 6.45) is 3.72. The Morgan fingerprint density at radius 3 is 2.33 bits per heavy atom. The van der Waals surface area contributed by atoms with Gasteiger partial charge in [-0.2, -0.15) is 0 Å². The van der Waals surface area contributed by atoms with Crippen molar-refractivity contribution in [2.45, 2.75) is 83.4 Å². The van der Waals surface area contributed by atoms with Crippen LogP contribution in [0.25, 0.3) is 11.1 Å². The highest BCUT2D eigenvalue weighted by atomic mass is 35.5. The number of methoxy groups -OCH3 is 1. The minimum absolute atomic E-state index is 0.0825. The number of ether oxygens (including phenoxy) is 2. The summed E-state index contributed by atoms with van der Waals surface area (Å²) in [7, 11) is 1.42. The number of nitrogens with zero attached hydrogens (tertiary/aromatic N) is 1. The third-order valence-electron chi connectivity index (χ3n) is 8.26. The number of aldehydes is 1. The van der Waals surface area contributed by atoms with Crippen LogP contribution in [0.2, 0.25) is 5.02 Å². The van der Waals surface area contributed by atoms with Crippen LogP contribution in [0.1, 0.15) is 85.6 Å². The minimum atomic E-state index is -1.02. The Hall–Kier alpha value is -4.57. The summed E-state index contributed by atoms with van der Waals surface area (Å²) in [5.74, 6) is -0.0893. The molecule has 1 fully saturated rings. The number of carboxylic acid groups (broad SMARTS) is 1. The number of amides is 3. The number of rotatable bonds is 12. The first-order chi connectivity index (χ1) is 22.9. The molecule has 3 N–H and O–H groups in total. The fraction of sp³-hybridized carbons (Fsp3) is 0.405. The molecule has 0 unspecified atom stereocenters. The van der Waals surface area contributed by atoms with Gasteiger partial charge in [0.2, 0.25) is 0 Å². The van der Waals surface area contributed by atoms with E-state index in [1.165, 1.54) is 24.1 Å². The third-order valence-corrected chi connectivity index (χ3v) is 8.58. The summed E-state index contributed by atoms with van der Waals surface area (Å²) in [4.78, 5) is 50.7. The van der Waals surface area contributed by atoms with Crippen molar-refractivity contribution < 1.29 is 33.8 Å². The van der Waals surface area contributed by atoms with Gasteiger partial charge in [-0.1, -0.05) is 54.1 Å². The summed E-state index contributed by atoms with van der Waals surface area (Å²) in [5, 5.41) is 16.5. The predicted octanol–water partition coefficient (Wildman–Crippen LogP) is 7.90. The van der Waals surface area contributed by atoms with E-state index in [4.69, 9.17) is 21.1 Å². The van der Waals surface area contributed by atoms with E-state index in [0.717, 1.165) is 23.1 Å². The Balaban J connectivity index is 1.43. The number of carbonyl (C=O) groups excluding carboxylic acids is 3. The lowest BCUT2D eigenvalue weighted by molar-refractivity contribution is 0.0490. The van der Waals surface area contributed by atoms with Crippen LogP contribution in [0.4, 0.5) is 15.3 Å². The number of unbranched alkanes of at least 4 members (excludes halogenated alkanes) is 1. The highest BCUT2D eigenvalue weighted by Gasteiger charge is 2.32. The number of alkyl carbamates (subject to hydrolysis) is 1. The number of anilines is 1. The second-order valence-electron chi connectivity index (χ2n) is 12.9. The van der Waals surface area contributed by atoms with Crippen LogP contribution < -0.4 is 20.3 Å². The fourth-order valence-electron chi connectivity index (χ4n) is 5.97. The van der Waals surface area contributed by atoms with Gasteiger partial charge in [0.1, 0.15) is 11.4 Å². The molecule has 0 aliphatic heterocycles. The molecule has 1 aliphatic rings. The van der Waals surface area contributed by atoms with E-state index in [2.05, 4.69) is 10.6 Å². The molecule has 1 aliphatic carbocycles. The van der Waals surface area contributed by atoms with Gasteiger partial charge in [0.25, 0.3) is 5.91 Å². The number of halogens is 1. The zero-order chi connectivity index (χ0) is 34.8. The number of benzene rings is 3. The summed E-state index contributed by atoms with van der Waals surface area (Å²) in [5.41, 5.74) is 3.26.